The van der Waals surface area contributed by atoms with Crippen molar-refractivity contribution >= 4 is 70.5 Å². The molecule has 15 heteroatoms. The van der Waals surface area contributed by atoms with E-state index in [2.05, 4.69) is 0 Å². The summed E-state index contributed by atoms with van der Waals surface area (Å²) >= 11 is 18.4. The number of ketones is 2. The maximum Gasteiger partial charge on any atom is 0.413 e. The van der Waals surface area contributed by atoms with Crippen LogP contribution in [0.2, 0.25) is 10.0 Å². The molecule has 2 amide bonds. The van der Waals surface area contributed by atoms with Crippen LogP contribution in [0.25, 0.3) is 0 Å². The van der Waals surface area contributed by atoms with E-state index in [-0.39, 0.29) is 11.6 Å². The van der Waals surface area contributed by atoms with Gasteiger partial charge in [-0.2, -0.15) is 0 Å². The first-order chi connectivity index (χ1) is 29.1. The Morgan fingerprint density at radius 1 is 0.590 bits per heavy atom. The molecule has 0 bridgehead atoms. The molecule has 2 unspecified atom stereocenters. The maximum absolute atomic E-state index is 13.1. The lowest BCUT2D eigenvalue weighted by Gasteiger charge is -2.43. The molecule has 0 aliphatic heterocycles. The number of carboxylic acids is 1. The number of carbonyl (C=O) groups is 6. The molecule has 4 aromatic carbocycles. The Kier molecular flexibility index (Phi) is 17.7. The van der Waals surface area contributed by atoms with Crippen molar-refractivity contribution in [3.05, 3.63) is 141 Å². The van der Waals surface area contributed by atoms with Crippen molar-refractivity contribution in [2.45, 2.75) is 88.1 Å². The van der Waals surface area contributed by atoms with Crippen molar-refractivity contribution < 1.29 is 48.1 Å². The molecular formula is C46H49Cl3N2O10. The standard InChI is InChI=1S/C23H24ClNO5.C16H19Cl2NO3.C7H6O2/c1-16(29-21(27)17-10-4-3-5-11-17)30-22(28)25(2)23(15-9-8-14-20(23)26)18-12-6-7-13-19(18)24;1-11(17)22-15(21)19(2)16(10-6-5-9-14(16)20)12-7-3-4-8-13(12)18;8-7(9)6-4-2-1-3-5-6/h3-7,10-13,16H,8-9,14-15H2,1-2H3;3-4,7-8,11H,5-6,9-10H2,1-2H3;1-5H,(H,8,9)/t16?,23-;11?,16-;/m00./s1. The lowest BCUT2D eigenvalue weighted by atomic mass is 9.74. The van der Waals surface area contributed by atoms with Crippen molar-refractivity contribution in [3.8, 4) is 0 Å². The second-order valence-corrected chi connectivity index (χ2v) is 15.8. The molecule has 2 saturated carbocycles. The summed E-state index contributed by atoms with van der Waals surface area (Å²) in [6.45, 7) is 3.01. The SMILES string of the molecule is CC(Cl)OC(=O)N(C)[C@]1(c2ccccc2Cl)CCCCC1=O.CC(OC(=O)c1ccccc1)OC(=O)N(C)[C@]1(c2ccccc2Cl)CCCCC1=O.O=C(O)c1ccccc1. The Morgan fingerprint density at radius 2 is 0.984 bits per heavy atom. The van der Waals surface area contributed by atoms with Gasteiger partial charge in [0.1, 0.15) is 11.1 Å². The van der Waals surface area contributed by atoms with Gasteiger partial charge in [0.05, 0.1) is 11.1 Å². The van der Waals surface area contributed by atoms with Crippen molar-refractivity contribution in [2.24, 2.45) is 0 Å². The third-order valence-electron chi connectivity index (χ3n) is 10.5. The van der Waals surface area contributed by atoms with Crippen LogP contribution in [0.4, 0.5) is 9.59 Å². The minimum atomic E-state index is -1.21. The number of alkyl halides is 1. The van der Waals surface area contributed by atoms with Crippen molar-refractivity contribution in [1.29, 1.82) is 0 Å². The number of hydrogen-bond donors (Lipinski definition) is 1. The summed E-state index contributed by atoms with van der Waals surface area (Å²) in [5.74, 6) is -1.59. The van der Waals surface area contributed by atoms with Gasteiger partial charge in [-0.15, -0.1) is 0 Å². The van der Waals surface area contributed by atoms with Crippen LogP contribution >= 0.6 is 34.8 Å². The average molecular weight is 896 g/mol. The molecule has 4 atom stereocenters. The quantitative estimate of drug-likeness (QED) is 0.0974. The zero-order valence-electron chi connectivity index (χ0n) is 34.4. The summed E-state index contributed by atoms with van der Waals surface area (Å²) < 4.78 is 15.6. The normalized spacial score (nSPS) is 19.3. The number of ether oxygens (including phenoxy) is 3. The van der Waals surface area contributed by atoms with Gasteiger partial charge < -0.3 is 19.3 Å². The number of halogens is 3. The topological polar surface area (TPSA) is 157 Å². The molecule has 2 fully saturated rings. The second-order valence-electron chi connectivity index (χ2n) is 14.4. The first-order valence-electron chi connectivity index (χ1n) is 19.7. The number of rotatable bonds is 9. The van der Waals surface area contributed by atoms with E-state index in [1.807, 2.05) is 6.07 Å². The first kappa shape index (κ1) is 48.2. The molecule has 0 saturated heterocycles. The number of benzene rings is 4. The van der Waals surface area contributed by atoms with Crippen LogP contribution in [-0.2, 0) is 34.9 Å². The van der Waals surface area contributed by atoms with E-state index in [1.54, 1.807) is 117 Å². The fourth-order valence-corrected chi connectivity index (χ4v) is 8.07. The minimum Gasteiger partial charge on any atom is -0.478 e. The van der Waals surface area contributed by atoms with Crippen LogP contribution in [0.15, 0.2) is 109 Å². The Bertz CT molecular complexity index is 2160. The number of nitrogens with zero attached hydrogens (tertiary/aromatic N) is 2. The van der Waals surface area contributed by atoms with Gasteiger partial charge in [-0.3, -0.25) is 19.4 Å². The average Bonchev–Trinajstić information content (AvgIpc) is 3.25. The number of carboxylic acid groups (broad SMARTS) is 1. The number of carbonyl (C=O) groups excluding carboxylic acids is 5. The summed E-state index contributed by atoms with van der Waals surface area (Å²) in [4.78, 5) is 76.1. The monoisotopic (exact) mass is 894 g/mol. The lowest BCUT2D eigenvalue weighted by Crippen LogP contribution is -2.54. The van der Waals surface area contributed by atoms with Crippen LogP contribution in [0.1, 0.15) is 97.1 Å². The molecule has 324 valence electrons. The van der Waals surface area contributed by atoms with Gasteiger partial charge in [0, 0.05) is 55.0 Å². The highest BCUT2D eigenvalue weighted by Gasteiger charge is 2.50. The van der Waals surface area contributed by atoms with Crippen molar-refractivity contribution in [3.63, 3.8) is 0 Å². The van der Waals surface area contributed by atoms with Gasteiger partial charge in [0.2, 0.25) is 6.29 Å². The Balaban J connectivity index is 0.000000230. The number of hydrogen-bond acceptors (Lipinski definition) is 9. The number of esters is 1. The summed E-state index contributed by atoms with van der Waals surface area (Å²) in [5, 5.41) is 9.27. The van der Waals surface area contributed by atoms with Gasteiger partial charge in [-0.05, 0) is 81.8 Å². The summed E-state index contributed by atoms with van der Waals surface area (Å²) in [6.07, 6.45) is 2.40. The maximum atomic E-state index is 13.1. The molecule has 0 spiro atoms. The third kappa shape index (κ3) is 11.9. The highest BCUT2D eigenvalue weighted by molar-refractivity contribution is 6.32. The zero-order chi connectivity index (χ0) is 44.7. The van der Waals surface area contributed by atoms with Gasteiger partial charge in [0.15, 0.2) is 17.1 Å². The van der Waals surface area contributed by atoms with E-state index in [9.17, 15) is 28.8 Å². The number of amides is 2. The van der Waals surface area contributed by atoms with Crippen molar-refractivity contribution in [2.75, 3.05) is 14.1 Å². The Hall–Kier alpha value is -5.43. The zero-order valence-corrected chi connectivity index (χ0v) is 36.6. The molecule has 1 N–H and O–H groups in total. The van der Waals surface area contributed by atoms with Crippen LogP contribution in [0, 0.1) is 0 Å². The number of likely N-dealkylation sites (N-methyl/N-ethyl adjacent to an activating group) is 2. The molecule has 0 heterocycles. The molecule has 0 aromatic heterocycles. The van der Waals surface area contributed by atoms with E-state index in [0.29, 0.717) is 58.0 Å². The predicted octanol–water partition coefficient (Wildman–Crippen LogP) is 10.7. The molecule has 4 aromatic rings. The highest BCUT2D eigenvalue weighted by atomic mass is 35.5. The van der Waals surface area contributed by atoms with Crippen LogP contribution < -0.4 is 0 Å². The van der Waals surface area contributed by atoms with Gasteiger partial charge in [0.25, 0.3) is 0 Å². The van der Waals surface area contributed by atoms with Crippen molar-refractivity contribution in [1.82, 2.24) is 9.80 Å². The Labute approximate surface area is 370 Å². The molecular weight excluding hydrogens is 847 g/mol. The molecule has 2 aliphatic rings. The number of Topliss-reactive ketones (excluding diaryl/α,β-unsaturated/α-hetero) is 2. The first-order valence-corrected chi connectivity index (χ1v) is 20.9. The van der Waals surface area contributed by atoms with E-state index in [0.717, 1.165) is 25.7 Å². The van der Waals surface area contributed by atoms with Crippen LogP contribution in [0.3, 0.4) is 0 Å². The molecule has 6 rings (SSSR count). The third-order valence-corrected chi connectivity index (χ3v) is 11.2. The van der Waals surface area contributed by atoms with E-state index >= 15 is 0 Å². The smallest absolute Gasteiger partial charge is 0.413 e. The summed E-state index contributed by atoms with van der Waals surface area (Å²) in [5.41, 5.74) is -1.16. The fourth-order valence-electron chi connectivity index (χ4n) is 7.41. The minimum absolute atomic E-state index is 0.0199. The van der Waals surface area contributed by atoms with Gasteiger partial charge >= 0.3 is 24.1 Å². The van der Waals surface area contributed by atoms with E-state index in [4.69, 9.17) is 54.1 Å². The highest BCUT2D eigenvalue weighted by Crippen LogP contribution is 2.44. The molecule has 61 heavy (non-hydrogen) atoms. The Morgan fingerprint density at radius 3 is 1.36 bits per heavy atom. The van der Waals surface area contributed by atoms with Gasteiger partial charge in [-0.1, -0.05) is 108 Å². The van der Waals surface area contributed by atoms with Crippen LogP contribution in [-0.4, -0.2) is 76.5 Å². The molecule has 2 aliphatic carbocycles. The predicted molar refractivity (Wildman–Crippen MR) is 232 cm³/mol. The molecule has 0 radical (unpaired) electrons. The van der Waals surface area contributed by atoms with E-state index in [1.165, 1.54) is 23.8 Å². The summed E-state index contributed by atoms with van der Waals surface area (Å²) in [6, 6.07) is 30.9. The largest absolute Gasteiger partial charge is 0.478 e. The van der Waals surface area contributed by atoms with Gasteiger partial charge in [-0.25, -0.2) is 19.2 Å². The fraction of sp³-hybridized carbons (Fsp3) is 0.348. The second kappa shape index (κ2) is 22.4. The molecule has 12 nitrogen and oxygen atoms in total. The van der Waals surface area contributed by atoms with Crippen LogP contribution in [0.5, 0.6) is 0 Å². The van der Waals surface area contributed by atoms with E-state index < -0.39 is 47.1 Å². The number of aromatic carboxylic acids is 1. The lowest BCUT2D eigenvalue weighted by molar-refractivity contribution is -0.135. The summed E-state index contributed by atoms with van der Waals surface area (Å²) in [7, 11) is 3.08.